The smallest absolute Gasteiger partial charge is 0.260 e. The first-order valence-electron chi connectivity index (χ1n) is 2.72. The molecule has 0 amide bonds. The molecule has 0 radical (unpaired) electrons. The SMILES string of the molecule is O=C=NN1NC(Cl)=C(Cl)C=C1Cl. The van der Waals surface area contributed by atoms with E-state index in [0.717, 1.165) is 5.12 Å². The molecule has 1 aliphatic heterocycles. The molecular weight excluding hydrogens is 224 g/mol. The Morgan fingerprint density at radius 3 is 2.75 bits per heavy atom. The number of hydrogen-bond acceptors (Lipinski definition) is 4. The third-order valence-corrected chi connectivity index (χ3v) is 1.95. The van der Waals surface area contributed by atoms with Crippen molar-refractivity contribution in [2.45, 2.75) is 0 Å². The molecule has 0 saturated carbocycles. The molecule has 0 bridgehead atoms. The summed E-state index contributed by atoms with van der Waals surface area (Å²) in [6.07, 6.45) is 2.64. The summed E-state index contributed by atoms with van der Waals surface area (Å²) in [5.74, 6) is 0. The van der Waals surface area contributed by atoms with Crippen molar-refractivity contribution in [3.8, 4) is 0 Å². The van der Waals surface area contributed by atoms with Crippen LogP contribution in [0.2, 0.25) is 0 Å². The van der Waals surface area contributed by atoms with Gasteiger partial charge in [-0.3, -0.25) is 5.43 Å². The standard InChI is InChI=1S/C5H2Cl3N3O/c6-3-1-4(7)11(9-2-12)10-5(3)8/h1,10H. The molecule has 0 aliphatic carbocycles. The summed E-state index contributed by atoms with van der Waals surface area (Å²) >= 11 is 16.7. The summed E-state index contributed by atoms with van der Waals surface area (Å²) in [5.41, 5.74) is 2.43. The molecular formula is C5H2Cl3N3O. The number of isocyanates is 1. The van der Waals surface area contributed by atoms with Gasteiger partial charge in [0, 0.05) is 0 Å². The number of carbonyl (C=O) groups excluding carboxylic acids is 1. The zero-order valence-corrected chi connectivity index (χ0v) is 7.78. The lowest BCUT2D eigenvalue weighted by atomic mass is 10.5. The van der Waals surface area contributed by atoms with E-state index in [0.29, 0.717) is 0 Å². The van der Waals surface area contributed by atoms with Crippen molar-refractivity contribution in [1.82, 2.24) is 10.5 Å². The highest BCUT2D eigenvalue weighted by Crippen LogP contribution is 2.23. The largest absolute Gasteiger partial charge is 0.264 e. The van der Waals surface area contributed by atoms with Gasteiger partial charge in [0.2, 0.25) is 0 Å². The van der Waals surface area contributed by atoms with Gasteiger partial charge >= 0.3 is 0 Å². The molecule has 0 saturated heterocycles. The van der Waals surface area contributed by atoms with Crippen molar-refractivity contribution < 1.29 is 4.79 Å². The van der Waals surface area contributed by atoms with E-state index < -0.39 is 0 Å². The minimum absolute atomic E-state index is 0.132. The molecule has 0 atom stereocenters. The van der Waals surface area contributed by atoms with Crippen LogP contribution in [0.25, 0.3) is 0 Å². The van der Waals surface area contributed by atoms with E-state index in [9.17, 15) is 4.79 Å². The quantitative estimate of drug-likeness (QED) is 0.421. The second-order valence-corrected chi connectivity index (χ2v) is 2.92. The van der Waals surface area contributed by atoms with Crippen molar-refractivity contribution in [2.24, 2.45) is 5.10 Å². The van der Waals surface area contributed by atoms with Crippen molar-refractivity contribution >= 4 is 40.9 Å². The summed E-state index contributed by atoms with van der Waals surface area (Å²) in [4.78, 5) is 9.86. The Hall–Kier alpha value is -0.670. The highest BCUT2D eigenvalue weighted by atomic mass is 35.5. The first kappa shape index (κ1) is 9.42. The normalized spacial score (nSPS) is 16.6. The zero-order chi connectivity index (χ0) is 9.14. The Morgan fingerprint density at radius 2 is 2.17 bits per heavy atom. The molecule has 12 heavy (non-hydrogen) atoms. The van der Waals surface area contributed by atoms with Crippen LogP contribution in [0.1, 0.15) is 0 Å². The summed E-state index contributed by atoms with van der Waals surface area (Å²) in [6, 6.07) is 0. The first-order chi connectivity index (χ1) is 5.65. The highest BCUT2D eigenvalue weighted by molar-refractivity contribution is 6.41. The zero-order valence-electron chi connectivity index (χ0n) is 5.51. The van der Waals surface area contributed by atoms with Crippen LogP contribution in [0, 0.1) is 0 Å². The van der Waals surface area contributed by atoms with Gasteiger partial charge in [-0.25, -0.2) is 4.79 Å². The van der Waals surface area contributed by atoms with Crippen LogP contribution >= 0.6 is 34.8 Å². The highest BCUT2D eigenvalue weighted by Gasteiger charge is 2.15. The van der Waals surface area contributed by atoms with Gasteiger partial charge in [0.15, 0.2) is 5.16 Å². The van der Waals surface area contributed by atoms with E-state index in [1.165, 1.54) is 12.2 Å². The summed E-state index contributed by atoms with van der Waals surface area (Å²) in [5, 5.41) is 4.66. The average Bonchev–Trinajstić information content (AvgIpc) is 2.01. The molecule has 0 aromatic heterocycles. The van der Waals surface area contributed by atoms with Crippen molar-refractivity contribution in [3.63, 3.8) is 0 Å². The molecule has 0 fully saturated rings. The van der Waals surface area contributed by atoms with Gasteiger partial charge in [-0.05, 0) is 6.08 Å². The number of hydrazone groups is 1. The third kappa shape index (κ3) is 1.93. The van der Waals surface area contributed by atoms with E-state index in [1.54, 1.807) is 0 Å². The van der Waals surface area contributed by atoms with Crippen LogP contribution in [0.5, 0.6) is 0 Å². The molecule has 0 spiro atoms. The van der Waals surface area contributed by atoms with E-state index in [-0.39, 0.29) is 15.3 Å². The third-order valence-electron chi connectivity index (χ3n) is 1.00. The predicted octanol–water partition coefficient (Wildman–Crippen LogP) is 1.78. The number of nitrogens with zero attached hydrogens (tertiary/aromatic N) is 2. The van der Waals surface area contributed by atoms with Crippen molar-refractivity contribution in [1.29, 1.82) is 0 Å². The number of hydrogen-bond donors (Lipinski definition) is 1. The lowest BCUT2D eigenvalue weighted by Crippen LogP contribution is -2.31. The van der Waals surface area contributed by atoms with E-state index >= 15 is 0 Å². The fraction of sp³-hybridized carbons (Fsp3) is 0. The maximum Gasteiger partial charge on any atom is 0.260 e. The van der Waals surface area contributed by atoms with Gasteiger partial charge in [-0.1, -0.05) is 39.9 Å². The number of allylic oxidation sites excluding steroid dienone is 2. The monoisotopic (exact) mass is 225 g/mol. The Kier molecular flexibility index (Phi) is 3.00. The maximum absolute atomic E-state index is 9.86. The molecule has 7 heteroatoms. The number of rotatable bonds is 1. The molecule has 4 nitrogen and oxygen atoms in total. The van der Waals surface area contributed by atoms with Gasteiger partial charge < -0.3 is 0 Å². The minimum Gasteiger partial charge on any atom is -0.264 e. The fourth-order valence-electron chi connectivity index (χ4n) is 0.542. The van der Waals surface area contributed by atoms with Crippen LogP contribution in [-0.2, 0) is 4.79 Å². The van der Waals surface area contributed by atoms with Gasteiger partial charge in [0.1, 0.15) is 5.16 Å². The maximum atomic E-state index is 9.86. The summed E-state index contributed by atoms with van der Waals surface area (Å²) in [7, 11) is 0. The Balaban J connectivity index is 2.92. The second kappa shape index (κ2) is 3.83. The van der Waals surface area contributed by atoms with Crippen LogP contribution in [0.3, 0.4) is 0 Å². The number of hydrazine groups is 1. The fourth-order valence-corrected chi connectivity index (χ4v) is 1.07. The summed E-state index contributed by atoms with van der Waals surface area (Å²) < 4.78 is 0. The molecule has 1 heterocycles. The van der Waals surface area contributed by atoms with Crippen LogP contribution in [0.15, 0.2) is 26.5 Å². The lowest BCUT2D eigenvalue weighted by Gasteiger charge is -2.21. The Bertz CT molecular complexity index is 305. The topological polar surface area (TPSA) is 44.7 Å². The summed E-state index contributed by atoms with van der Waals surface area (Å²) in [6.45, 7) is 0. The van der Waals surface area contributed by atoms with Gasteiger partial charge in [-0.15, -0.1) is 0 Å². The molecule has 0 aromatic rings. The van der Waals surface area contributed by atoms with Crippen LogP contribution < -0.4 is 5.43 Å². The van der Waals surface area contributed by atoms with E-state index in [1.807, 2.05) is 0 Å². The lowest BCUT2D eigenvalue weighted by molar-refractivity contribution is 0.310. The molecule has 1 rings (SSSR count). The van der Waals surface area contributed by atoms with Crippen molar-refractivity contribution in [3.05, 3.63) is 21.4 Å². The first-order valence-corrected chi connectivity index (χ1v) is 3.85. The molecule has 1 N–H and O–H groups in total. The van der Waals surface area contributed by atoms with E-state index in [2.05, 4.69) is 10.5 Å². The molecule has 0 unspecified atom stereocenters. The van der Waals surface area contributed by atoms with Gasteiger partial charge in [-0.2, -0.15) is 5.12 Å². The Labute approximate surface area is 83.0 Å². The second-order valence-electron chi connectivity index (χ2n) is 1.74. The number of halogens is 3. The van der Waals surface area contributed by atoms with Crippen LogP contribution in [0.4, 0.5) is 0 Å². The van der Waals surface area contributed by atoms with Crippen molar-refractivity contribution in [2.75, 3.05) is 0 Å². The Morgan fingerprint density at radius 1 is 1.50 bits per heavy atom. The molecule has 64 valence electrons. The predicted molar refractivity (Wildman–Crippen MR) is 45.8 cm³/mol. The van der Waals surface area contributed by atoms with E-state index in [4.69, 9.17) is 34.8 Å². The van der Waals surface area contributed by atoms with Crippen LogP contribution in [-0.4, -0.2) is 11.2 Å². The minimum atomic E-state index is 0.132. The molecule has 0 aromatic carbocycles. The number of nitrogens with one attached hydrogen (secondary N) is 1. The van der Waals surface area contributed by atoms with Gasteiger partial charge in [0.25, 0.3) is 6.08 Å². The average molecular weight is 226 g/mol. The van der Waals surface area contributed by atoms with Gasteiger partial charge in [0.05, 0.1) is 5.03 Å². The molecule has 1 aliphatic rings.